The van der Waals surface area contributed by atoms with Gasteiger partial charge in [0.05, 0.1) is 18.2 Å². The summed E-state index contributed by atoms with van der Waals surface area (Å²) in [6.07, 6.45) is 7.51. The zero-order valence-electron chi connectivity index (χ0n) is 6.91. The molecule has 0 saturated heterocycles. The monoisotopic (exact) mass is 148 g/mol. The highest BCUT2D eigenvalue weighted by molar-refractivity contribution is 5.69. The van der Waals surface area contributed by atoms with Crippen molar-refractivity contribution in [2.24, 2.45) is 7.05 Å². The maximum Gasteiger partial charge on any atom is 0.0948 e. The molecule has 2 nitrogen and oxygen atoms in total. The number of rotatable bonds is 2. The fourth-order valence-corrected chi connectivity index (χ4v) is 0.953. The Morgan fingerprint density at radius 3 is 2.91 bits per heavy atom. The van der Waals surface area contributed by atoms with Crippen LogP contribution in [0.25, 0.3) is 5.57 Å². The highest BCUT2D eigenvalue weighted by Crippen LogP contribution is 2.10. The van der Waals surface area contributed by atoms with E-state index in [9.17, 15) is 0 Å². The van der Waals surface area contributed by atoms with Gasteiger partial charge in [0.25, 0.3) is 0 Å². The molecule has 0 unspecified atom stereocenters. The average molecular weight is 148 g/mol. The molecule has 0 aliphatic carbocycles. The molecule has 0 bridgehead atoms. The van der Waals surface area contributed by atoms with Gasteiger partial charge in [-0.15, -0.1) is 0 Å². The summed E-state index contributed by atoms with van der Waals surface area (Å²) in [6, 6.07) is 0. The molecule has 1 aromatic rings. The summed E-state index contributed by atoms with van der Waals surface area (Å²) in [5, 5.41) is 0. The van der Waals surface area contributed by atoms with Crippen LogP contribution in [0.3, 0.4) is 0 Å². The van der Waals surface area contributed by atoms with Gasteiger partial charge in [0.1, 0.15) is 0 Å². The highest BCUT2D eigenvalue weighted by atomic mass is 15.0. The molecule has 0 fully saturated rings. The Kier molecular flexibility index (Phi) is 2.26. The van der Waals surface area contributed by atoms with Gasteiger partial charge < -0.3 is 4.57 Å². The van der Waals surface area contributed by atoms with Gasteiger partial charge in [-0.2, -0.15) is 0 Å². The Hall–Kier alpha value is -1.31. The smallest absolute Gasteiger partial charge is 0.0948 e. The minimum Gasteiger partial charge on any atom is -0.334 e. The second-order valence-electron chi connectivity index (χ2n) is 2.42. The Labute approximate surface area is 66.9 Å². The second-order valence-corrected chi connectivity index (χ2v) is 2.42. The molecular formula is C9H12N2. The minimum absolute atomic E-state index is 0.993. The summed E-state index contributed by atoms with van der Waals surface area (Å²) in [4.78, 5) is 3.99. The van der Waals surface area contributed by atoms with E-state index in [0.717, 1.165) is 11.3 Å². The first-order valence-corrected chi connectivity index (χ1v) is 3.54. The third kappa shape index (κ3) is 1.58. The van der Waals surface area contributed by atoms with Gasteiger partial charge in [-0.05, 0) is 12.5 Å². The van der Waals surface area contributed by atoms with Crippen LogP contribution in [0, 0.1) is 0 Å². The van der Waals surface area contributed by atoms with Crippen molar-refractivity contribution in [2.75, 3.05) is 0 Å². The van der Waals surface area contributed by atoms with E-state index in [1.807, 2.05) is 36.9 Å². The lowest BCUT2D eigenvalue weighted by molar-refractivity contribution is 0.899. The van der Waals surface area contributed by atoms with Crippen molar-refractivity contribution in [3.63, 3.8) is 0 Å². The first-order valence-electron chi connectivity index (χ1n) is 3.54. The molecule has 11 heavy (non-hydrogen) atoms. The predicted molar refractivity (Wildman–Crippen MR) is 47.1 cm³/mol. The van der Waals surface area contributed by atoms with Crippen molar-refractivity contribution < 1.29 is 0 Å². The normalized spacial score (nSPS) is 10.7. The van der Waals surface area contributed by atoms with Gasteiger partial charge in [-0.25, -0.2) is 4.98 Å². The second kappa shape index (κ2) is 3.19. The molecule has 0 spiro atoms. The number of hydrogen-bond donors (Lipinski definition) is 0. The summed E-state index contributed by atoms with van der Waals surface area (Å²) < 4.78 is 1.95. The van der Waals surface area contributed by atoms with Crippen LogP contribution in [0.5, 0.6) is 0 Å². The summed E-state index contributed by atoms with van der Waals surface area (Å²) in [6.45, 7) is 5.87. The molecule has 2 heteroatoms. The minimum atomic E-state index is 0.993. The van der Waals surface area contributed by atoms with E-state index in [1.165, 1.54) is 0 Å². The first-order chi connectivity index (χ1) is 5.25. The van der Waals surface area contributed by atoms with E-state index in [-0.39, 0.29) is 0 Å². The number of nitrogens with zero attached hydrogens (tertiary/aromatic N) is 2. The van der Waals surface area contributed by atoms with Gasteiger partial charge in [0, 0.05) is 7.05 Å². The standard InChI is InChI=1S/C9H12N2/c1-4-5-8(2)9-6-10-7-11(9)3/h4-7H,2H2,1,3H3/b5-4-. The first kappa shape index (κ1) is 7.79. The van der Waals surface area contributed by atoms with E-state index < -0.39 is 0 Å². The maximum absolute atomic E-state index is 3.99. The molecule has 1 rings (SSSR count). The van der Waals surface area contributed by atoms with Gasteiger partial charge >= 0.3 is 0 Å². The number of imidazole rings is 1. The summed E-state index contributed by atoms with van der Waals surface area (Å²) in [7, 11) is 1.96. The predicted octanol–water partition coefficient (Wildman–Crippen LogP) is 2.01. The van der Waals surface area contributed by atoms with Crippen LogP contribution in [0.4, 0.5) is 0 Å². The Bertz CT molecular complexity index is 282. The van der Waals surface area contributed by atoms with E-state index in [0.29, 0.717) is 0 Å². The number of aryl methyl sites for hydroxylation is 1. The Morgan fingerprint density at radius 2 is 2.45 bits per heavy atom. The van der Waals surface area contributed by atoms with Gasteiger partial charge in [-0.1, -0.05) is 18.7 Å². The van der Waals surface area contributed by atoms with Crippen LogP contribution in [-0.4, -0.2) is 9.55 Å². The van der Waals surface area contributed by atoms with E-state index in [4.69, 9.17) is 0 Å². The SMILES string of the molecule is C=C(/C=C\C)c1cncn1C. The molecule has 1 heterocycles. The van der Waals surface area contributed by atoms with Crippen molar-refractivity contribution >= 4 is 5.57 Å². The zero-order chi connectivity index (χ0) is 8.27. The van der Waals surface area contributed by atoms with Crippen LogP contribution in [-0.2, 0) is 7.05 Å². The molecule has 0 aliphatic heterocycles. The third-order valence-corrected chi connectivity index (χ3v) is 1.51. The van der Waals surface area contributed by atoms with Crippen molar-refractivity contribution in [2.45, 2.75) is 6.92 Å². The van der Waals surface area contributed by atoms with Crippen molar-refractivity contribution in [3.8, 4) is 0 Å². The molecule has 0 atom stereocenters. The van der Waals surface area contributed by atoms with Crippen LogP contribution < -0.4 is 0 Å². The zero-order valence-corrected chi connectivity index (χ0v) is 6.91. The Balaban J connectivity index is 2.93. The summed E-state index contributed by atoms with van der Waals surface area (Å²) in [5.74, 6) is 0. The van der Waals surface area contributed by atoms with Gasteiger partial charge in [-0.3, -0.25) is 0 Å². The number of aromatic nitrogens is 2. The van der Waals surface area contributed by atoms with E-state index >= 15 is 0 Å². The molecule has 0 radical (unpaired) electrons. The summed E-state index contributed by atoms with van der Waals surface area (Å²) in [5.41, 5.74) is 2.05. The molecule has 0 amide bonds. The van der Waals surface area contributed by atoms with E-state index in [1.54, 1.807) is 6.33 Å². The largest absolute Gasteiger partial charge is 0.334 e. The molecule has 0 N–H and O–H groups in total. The maximum atomic E-state index is 3.99. The Morgan fingerprint density at radius 1 is 1.73 bits per heavy atom. The molecule has 58 valence electrons. The quantitative estimate of drug-likeness (QED) is 0.586. The molecule has 0 aliphatic rings. The van der Waals surface area contributed by atoms with Crippen LogP contribution in [0.2, 0.25) is 0 Å². The van der Waals surface area contributed by atoms with Crippen molar-refractivity contribution in [1.82, 2.24) is 9.55 Å². The number of hydrogen-bond acceptors (Lipinski definition) is 1. The lowest BCUT2D eigenvalue weighted by Crippen LogP contribution is -1.90. The topological polar surface area (TPSA) is 17.8 Å². The van der Waals surface area contributed by atoms with Crippen LogP contribution in [0.1, 0.15) is 12.6 Å². The lowest BCUT2D eigenvalue weighted by Gasteiger charge is -1.99. The molecule has 1 aromatic heterocycles. The fourth-order valence-electron chi connectivity index (χ4n) is 0.953. The fraction of sp³-hybridized carbons (Fsp3) is 0.222. The molecule has 0 saturated carbocycles. The molecule has 0 aromatic carbocycles. The highest BCUT2D eigenvalue weighted by Gasteiger charge is 1.97. The number of allylic oxidation sites excluding steroid dienone is 3. The van der Waals surface area contributed by atoms with Crippen molar-refractivity contribution in [1.29, 1.82) is 0 Å². The van der Waals surface area contributed by atoms with Gasteiger partial charge in [0.2, 0.25) is 0 Å². The van der Waals surface area contributed by atoms with Crippen LogP contribution >= 0.6 is 0 Å². The van der Waals surface area contributed by atoms with Crippen molar-refractivity contribution in [3.05, 3.63) is 36.9 Å². The van der Waals surface area contributed by atoms with Gasteiger partial charge in [0.15, 0.2) is 0 Å². The average Bonchev–Trinajstić information content (AvgIpc) is 2.36. The third-order valence-electron chi connectivity index (χ3n) is 1.51. The molecular weight excluding hydrogens is 136 g/mol. The van der Waals surface area contributed by atoms with E-state index in [2.05, 4.69) is 11.6 Å². The lowest BCUT2D eigenvalue weighted by atomic mass is 10.2. The summed E-state index contributed by atoms with van der Waals surface area (Å²) >= 11 is 0. The van der Waals surface area contributed by atoms with Crippen LogP contribution in [0.15, 0.2) is 31.3 Å².